The quantitative estimate of drug-likeness (QED) is 0.867. The largest absolute Gasteiger partial charge is 0.465 e. The van der Waals surface area contributed by atoms with Crippen molar-refractivity contribution >= 4 is 6.09 Å². The van der Waals surface area contributed by atoms with Crippen LogP contribution in [0.15, 0.2) is 24.3 Å². The molecule has 24 heavy (non-hydrogen) atoms. The normalized spacial score (nSPS) is 25.0. The maximum absolute atomic E-state index is 11.5. The Balaban J connectivity index is 1.91. The van der Waals surface area contributed by atoms with Gasteiger partial charge in [0.25, 0.3) is 0 Å². The number of nitrogens with one attached hydrogen (secondary N) is 1. The van der Waals surface area contributed by atoms with Gasteiger partial charge in [-0.3, -0.25) is 0 Å². The van der Waals surface area contributed by atoms with Gasteiger partial charge < -0.3 is 19.9 Å². The summed E-state index contributed by atoms with van der Waals surface area (Å²) in [7, 11) is 0. The molecule has 5 heteroatoms. The van der Waals surface area contributed by atoms with Crippen molar-refractivity contribution in [3.05, 3.63) is 35.4 Å². The molecule has 1 aliphatic heterocycles. The third kappa shape index (κ3) is 3.15. The van der Waals surface area contributed by atoms with Gasteiger partial charge in [0.2, 0.25) is 0 Å². The van der Waals surface area contributed by atoms with Crippen molar-refractivity contribution in [3.63, 3.8) is 0 Å². The molecule has 2 aliphatic rings. The molecule has 2 atom stereocenters. The summed E-state index contributed by atoms with van der Waals surface area (Å²) >= 11 is 0. The molecular formula is C19H27NO4. The van der Waals surface area contributed by atoms with Gasteiger partial charge in [0.1, 0.15) is 0 Å². The number of benzene rings is 1. The summed E-state index contributed by atoms with van der Waals surface area (Å²) in [6, 6.07) is 8.19. The predicted octanol–water partition coefficient (Wildman–Crippen LogP) is 3.32. The molecule has 1 aliphatic carbocycles. The maximum atomic E-state index is 11.5. The summed E-state index contributed by atoms with van der Waals surface area (Å²) < 4.78 is 11.2. The van der Waals surface area contributed by atoms with Gasteiger partial charge in [-0.1, -0.05) is 45.0 Å². The first-order valence-corrected chi connectivity index (χ1v) is 8.64. The van der Waals surface area contributed by atoms with Crippen LogP contribution in [0.2, 0.25) is 0 Å². The van der Waals surface area contributed by atoms with Crippen LogP contribution in [0.5, 0.6) is 0 Å². The number of rotatable bonds is 5. The van der Waals surface area contributed by atoms with Gasteiger partial charge >= 0.3 is 6.09 Å². The molecule has 1 saturated heterocycles. The Labute approximate surface area is 143 Å². The van der Waals surface area contributed by atoms with E-state index >= 15 is 0 Å². The Morgan fingerprint density at radius 1 is 1.33 bits per heavy atom. The lowest BCUT2D eigenvalue weighted by Gasteiger charge is -2.54. The van der Waals surface area contributed by atoms with Crippen molar-refractivity contribution in [2.24, 2.45) is 5.41 Å². The van der Waals surface area contributed by atoms with Crippen molar-refractivity contribution in [1.82, 2.24) is 5.32 Å². The van der Waals surface area contributed by atoms with Crippen LogP contribution in [0.4, 0.5) is 4.79 Å². The van der Waals surface area contributed by atoms with E-state index in [0.29, 0.717) is 13.2 Å². The monoisotopic (exact) mass is 333 g/mol. The third-order valence-corrected chi connectivity index (χ3v) is 5.26. The molecule has 0 spiro atoms. The highest BCUT2D eigenvalue weighted by Gasteiger charge is 2.52. The molecule has 1 aromatic rings. The Kier molecular flexibility index (Phi) is 4.58. The second kappa shape index (κ2) is 6.37. The molecule has 5 nitrogen and oxygen atoms in total. The summed E-state index contributed by atoms with van der Waals surface area (Å²) in [5, 5.41) is 12.2. The second-order valence-corrected chi connectivity index (χ2v) is 7.95. The fraction of sp³-hybridized carbons (Fsp3) is 0.632. The average molecular weight is 333 g/mol. The van der Waals surface area contributed by atoms with E-state index in [4.69, 9.17) is 9.47 Å². The summed E-state index contributed by atoms with van der Waals surface area (Å²) in [5.41, 5.74) is 2.18. The highest BCUT2D eigenvalue weighted by molar-refractivity contribution is 5.66. The van der Waals surface area contributed by atoms with E-state index in [-0.39, 0.29) is 23.2 Å². The van der Waals surface area contributed by atoms with Crippen LogP contribution in [-0.2, 0) is 21.3 Å². The summed E-state index contributed by atoms with van der Waals surface area (Å²) in [6.45, 7) is 7.57. The van der Waals surface area contributed by atoms with E-state index in [0.717, 1.165) is 19.3 Å². The first kappa shape index (κ1) is 17.2. The Morgan fingerprint density at radius 2 is 2.00 bits per heavy atom. The smallest absolute Gasteiger partial charge is 0.404 e. The number of fused-ring (bicyclic) bond motifs is 1. The minimum absolute atomic E-state index is 0.167. The van der Waals surface area contributed by atoms with Gasteiger partial charge in [-0.2, -0.15) is 0 Å². The Bertz CT molecular complexity index is 604. The predicted molar refractivity (Wildman–Crippen MR) is 91.2 cm³/mol. The first-order chi connectivity index (χ1) is 11.3. The lowest BCUT2D eigenvalue weighted by molar-refractivity contribution is -0.0550. The molecule has 0 saturated carbocycles. The van der Waals surface area contributed by atoms with Crippen LogP contribution >= 0.6 is 0 Å². The highest BCUT2D eigenvalue weighted by atomic mass is 16.7. The molecule has 3 rings (SSSR count). The molecule has 2 N–H and O–H groups in total. The van der Waals surface area contributed by atoms with Crippen LogP contribution in [0.1, 0.15) is 44.7 Å². The number of hydrogen-bond donors (Lipinski definition) is 2. The van der Waals surface area contributed by atoms with Crippen molar-refractivity contribution < 1.29 is 19.4 Å². The van der Waals surface area contributed by atoms with Crippen LogP contribution in [0, 0.1) is 5.41 Å². The SMILES string of the molecule is CC(C)(C)C(NC(=O)O)C1(CCC2OCCO2)Cc2ccccc21. The van der Waals surface area contributed by atoms with Crippen molar-refractivity contribution in [1.29, 1.82) is 0 Å². The van der Waals surface area contributed by atoms with Gasteiger partial charge in [0.15, 0.2) is 6.29 Å². The zero-order valence-electron chi connectivity index (χ0n) is 14.7. The topological polar surface area (TPSA) is 67.8 Å². The lowest BCUT2D eigenvalue weighted by Crippen LogP contribution is -2.61. The summed E-state index contributed by atoms with van der Waals surface area (Å²) in [4.78, 5) is 11.5. The van der Waals surface area contributed by atoms with Crippen molar-refractivity contribution in [3.8, 4) is 0 Å². The van der Waals surface area contributed by atoms with Crippen LogP contribution in [0.25, 0.3) is 0 Å². The molecule has 0 bridgehead atoms. The van der Waals surface area contributed by atoms with Gasteiger partial charge in [-0.25, -0.2) is 4.79 Å². The van der Waals surface area contributed by atoms with E-state index in [9.17, 15) is 9.90 Å². The molecule has 0 aromatic heterocycles. The molecule has 1 fully saturated rings. The zero-order valence-corrected chi connectivity index (χ0v) is 14.7. The summed E-state index contributed by atoms with van der Waals surface area (Å²) in [6.07, 6.45) is 1.38. The van der Waals surface area contributed by atoms with Gasteiger partial charge in [0.05, 0.1) is 13.2 Å². The van der Waals surface area contributed by atoms with E-state index in [2.05, 4.69) is 38.2 Å². The van der Waals surface area contributed by atoms with Gasteiger partial charge in [-0.15, -0.1) is 0 Å². The minimum atomic E-state index is -0.966. The van der Waals surface area contributed by atoms with E-state index in [1.807, 2.05) is 12.1 Å². The average Bonchev–Trinajstić information content (AvgIpc) is 2.99. The molecular weight excluding hydrogens is 306 g/mol. The fourth-order valence-corrected chi connectivity index (χ4v) is 4.37. The Hall–Kier alpha value is -1.59. The molecule has 1 amide bonds. The molecule has 132 valence electrons. The number of carboxylic acid groups (broad SMARTS) is 1. The van der Waals surface area contributed by atoms with Crippen LogP contribution in [-0.4, -0.2) is 36.7 Å². The summed E-state index contributed by atoms with van der Waals surface area (Å²) in [5.74, 6) is 0. The fourth-order valence-electron chi connectivity index (χ4n) is 4.37. The van der Waals surface area contributed by atoms with Crippen molar-refractivity contribution in [2.45, 2.75) is 57.8 Å². The molecule has 2 unspecified atom stereocenters. The molecule has 0 radical (unpaired) electrons. The maximum Gasteiger partial charge on any atom is 0.404 e. The van der Waals surface area contributed by atoms with Crippen LogP contribution < -0.4 is 5.32 Å². The number of amides is 1. The molecule has 1 heterocycles. The van der Waals surface area contributed by atoms with Gasteiger partial charge in [0, 0.05) is 11.5 Å². The van der Waals surface area contributed by atoms with Crippen LogP contribution in [0.3, 0.4) is 0 Å². The standard InChI is InChI=1S/C19H27NO4/c1-18(2,3)16(20-17(21)22)19(9-8-15-23-10-11-24-15)12-13-6-4-5-7-14(13)19/h4-7,15-16,20H,8-12H2,1-3H3,(H,21,22). The number of ether oxygens (including phenoxy) is 2. The van der Waals surface area contributed by atoms with E-state index < -0.39 is 6.09 Å². The van der Waals surface area contributed by atoms with E-state index in [1.165, 1.54) is 11.1 Å². The third-order valence-electron chi connectivity index (χ3n) is 5.26. The highest BCUT2D eigenvalue weighted by Crippen LogP contribution is 2.51. The van der Waals surface area contributed by atoms with Crippen molar-refractivity contribution in [2.75, 3.05) is 13.2 Å². The zero-order chi connectivity index (χ0) is 17.4. The molecule has 1 aromatic carbocycles. The number of hydrogen-bond acceptors (Lipinski definition) is 3. The Morgan fingerprint density at radius 3 is 2.58 bits per heavy atom. The minimum Gasteiger partial charge on any atom is -0.465 e. The first-order valence-electron chi connectivity index (χ1n) is 8.64. The van der Waals surface area contributed by atoms with E-state index in [1.54, 1.807) is 0 Å². The van der Waals surface area contributed by atoms with Gasteiger partial charge in [-0.05, 0) is 35.8 Å². The number of carbonyl (C=O) groups is 1. The lowest BCUT2D eigenvalue weighted by atomic mass is 9.53. The second-order valence-electron chi connectivity index (χ2n) is 7.95.